The van der Waals surface area contributed by atoms with Crippen molar-refractivity contribution in [1.29, 1.82) is 0 Å². The summed E-state index contributed by atoms with van der Waals surface area (Å²) in [4.78, 5) is 49.1. The summed E-state index contributed by atoms with van der Waals surface area (Å²) >= 11 is 1.29. The Morgan fingerprint density at radius 1 is 1.05 bits per heavy atom. The van der Waals surface area contributed by atoms with E-state index in [2.05, 4.69) is 39.5 Å². The van der Waals surface area contributed by atoms with E-state index in [4.69, 9.17) is 4.74 Å². The van der Waals surface area contributed by atoms with Crippen LogP contribution in [0.25, 0.3) is 6.08 Å². The van der Waals surface area contributed by atoms with Crippen molar-refractivity contribution in [3.63, 3.8) is 0 Å². The summed E-state index contributed by atoms with van der Waals surface area (Å²) in [7, 11) is 1.58. The Hall–Kier alpha value is -4.02. The molecular formula is C31H35N5O4S. The van der Waals surface area contributed by atoms with Gasteiger partial charge in [-0.05, 0) is 42.7 Å². The molecule has 1 N–H and O–H groups in total. The molecule has 1 aromatic heterocycles. The molecule has 41 heavy (non-hydrogen) atoms. The van der Waals surface area contributed by atoms with Gasteiger partial charge >= 0.3 is 0 Å². The van der Waals surface area contributed by atoms with Crippen LogP contribution in [0.1, 0.15) is 34.5 Å². The number of methoxy groups -OCH3 is 1. The molecule has 1 aliphatic heterocycles. The molecule has 0 unspecified atom stereocenters. The van der Waals surface area contributed by atoms with Crippen LogP contribution in [0, 0.1) is 0 Å². The van der Waals surface area contributed by atoms with Crippen LogP contribution in [-0.4, -0.2) is 89.8 Å². The number of carbonyl (C=O) groups excluding carboxylic acids is 3. The maximum Gasteiger partial charge on any atom is 0.254 e. The largest absolute Gasteiger partial charge is 0.497 e. The summed E-state index contributed by atoms with van der Waals surface area (Å²) in [5.74, 6) is 0.230. The van der Waals surface area contributed by atoms with Crippen molar-refractivity contribution < 1.29 is 19.1 Å². The van der Waals surface area contributed by atoms with E-state index in [0.29, 0.717) is 35.2 Å². The highest BCUT2D eigenvalue weighted by atomic mass is 32.1. The van der Waals surface area contributed by atoms with Gasteiger partial charge in [0.25, 0.3) is 5.91 Å². The predicted octanol–water partition coefficient (Wildman–Crippen LogP) is 3.80. The van der Waals surface area contributed by atoms with Gasteiger partial charge in [0.15, 0.2) is 5.13 Å². The van der Waals surface area contributed by atoms with Gasteiger partial charge in [-0.3, -0.25) is 19.3 Å². The number of hydrogen-bond acceptors (Lipinski definition) is 7. The van der Waals surface area contributed by atoms with E-state index in [1.807, 2.05) is 23.1 Å². The molecule has 2 heterocycles. The Labute approximate surface area is 244 Å². The SMILES string of the molecule is COc1ccc(C(=O)N(CC(=O)Nc2nc(CC(=O)N3CCN(C/C=C/c4ccccc4)CC3)cs2)C2CC2)cc1. The van der Waals surface area contributed by atoms with E-state index in [-0.39, 0.29) is 36.7 Å². The maximum atomic E-state index is 13.1. The standard InChI is InChI=1S/C31H35N5O4S/c1-40-27-13-9-24(10-14-27)30(39)36(26-11-12-26)21-28(37)33-31-32-25(22-41-31)20-29(38)35-18-16-34(17-19-35)15-5-8-23-6-3-2-4-7-23/h2-10,13-14,22,26H,11-12,15-21H2,1H3,(H,32,33,37)/b8-5+. The predicted molar refractivity (Wildman–Crippen MR) is 160 cm³/mol. The van der Waals surface area contributed by atoms with Gasteiger partial charge in [0, 0.05) is 49.7 Å². The van der Waals surface area contributed by atoms with Crippen molar-refractivity contribution in [2.75, 3.05) is 51.7 Å². The fourth-order valence-electron chi connectivity index (χ4n) is 4.76. The van der Waals surface area contributed by atoms with Crippen LogP contribution in [-0.2, 0) is 16.0 Å². The fourth-order valence-corrected chi connectivity index (χ4v) is 5.49. The Bertz CT molecular complexity index is 1360. The number of anilines is 1. The van der Waals surface area contributed by atoms with E-state index in [0.717, 1.165) is 32.5 Å². The van der Waals surface area contributed by atoms with Gasteiger partial charge in [-0.1, -0.05) is 42.5 Å². The highest BCUT2D eigenvalue weighted by molar-refractivity contribution is 7.13. The molecule has 1 saturated heterocycles. The third kappa shape index (κ3) is 8.02. The maximum absolute atomic E-state index is 13.1. The lowest BCUT2D eigenvalue weighted by molar-refractivity contribution is -0.132. The highest BCUT2D eigenvalue weighted by Gasteiger charge is 2.34. The van der Waals surface area contributed by atoms with Crippen LogP contribution < -0.4 is 10.1 Å². The zero-order valence-electron chi connectivity index (χ0n) is 23.2. The van der Waals surface area contributed by atoms with Crippen LogP contribution >= 0.6 is 11.3 Å². The van der Waals surface area contributed by atoms with Crippen molar-refractivity contribution in [3.8, 4) is 5.75 Å². The second-order valence-electron chi connectivity index (χ2n) is 10.3. The van der Waals surface area contributed by atoms with E-state index in [1.165, 1.54) is 16.9 Å². The van der Waals surface area contributed by atoms with Crippen molar-refractivity contribution in [2.45, 2.75) is 25.3 Å². The fraction of sp³-hybridized carbons (Fsp3) is 0.355. The second kappa shape index (κ2) is 13.6. The summed E-state index contributed by atoms with van der Waals surface area (Å²) in [5, 5.41) is 5.04. The van der Waals surface area contributed by atoms with Crippen molar-refractivity contribution in [2.24, 2.45) is 0 Å². The van der Waals surface area contributed by atoms with Crippen LogP contribution in [0.5, 0.6) is 5.75 Å². The minimum absolute atomic E-state index is 0.0395. The molecule has 9 nitrogen and oxygen atoms in total. The van der Waals surface area contributed by atoms with Gasteiger partial charge in [0.1, 0.15) is 12.3 Å². The smallest absolute Gasteiger partial charge is 0.254 e. The minimum Gasteiger partial charge on any atom is -0.497 e. The molecule has 2 aliphatic rings. The van der Waals surface area contributed by atoms with Crippen LogP contribution in [0.2, 0.25) is 0 Å². The topological polar surface area (TPSA) is 95.1 Å². The van der Waals surface area contributed by atoms with Crippen LogP contribution in [0.4, 0.5) is 5.13 Å². The summed E-state index contributed by atoms with van der Waals surface area (Å²) < 4.78 is 5.17. The summed E-state index contributed by atoms with van der Waals surface area (Å²) in [6.07, 6.45) is 6.26. The quantitative estimate of drug-likeness (QED) is 0.375. The van der Waals surface area contributed by atoms with Crippen molar-refractivity contribution >= 4 is 40.3 Å². The molecule has 3 aromatic rings. The number of thiazole rings is 1. The molecule has 1 aliphatic carbocycles. The summed E-state index contributed by atoms with van der Waals surface area (Å²) in [6, 6.07) is 17.2. The third-order valence-electron chi connectivity index (χ3n) is 7.23. The molecule has 10 heteroatoms. The number of ether oxygens (including phenoxy) is 1. The average molecular weight is 574 g/mol. The number of carbonyl (C=O) groups is 3. The van der Waals surface area contributed by atoms with Gasteiger partial charge in [-0.25, -0.2) is 4.98 Å². The lowest BCUT2D eigenvalue weighted by Crippen LogP contribution is -2.49. The zero-order valence-corrected chi connectivity index (χ0v) is 24.0. The van der Waals surface area contributed by atoms with Gasteiger partial charge < -0.3 is 19.9 Å². The number of benzene rings is 2. The molecule has 2 aromatic carbocycles. The number of hydrogen-bond donors (Lipinski definition) is 1. The molecular weight excluding hydrogens is 538 g/mol. The lowest BCUT2D eigenvalue weighted by atomic mass is 10.2. The number of aromatic nitrogens is 1. The number of nitrogens with one attached hydrogen (secondary N) is 1. The first-order valence-electron chi connectivity index (χ1n) is 13.9. The summed E-state index contributed by atoms with van der Waals surface area (Å²) in [6.45, 7) is 3.84. The molecule has 214 valence electrons. The van der Waals surface area contributed by atoms with E-state index < -0.39 is 0 Å². The molecule has 0 radical (unpaired) electrons. The molecule has 1 saturated carbocycles. The van der Waals surface area contributed by atoms with Gasteiger partial charge in [-0.2, -0.15) is 0 Å². The van der Waals surface area contributed by atoms with Crippen molar-refractivity contribution in [3.05, 3.63) is 82.9 Å². The van der Waals surface area contributed by atoms with E-state index in [9.17, 15) is 14.4 Å². The molecule has 5 rings (SSSR count). The Kier molecular flexibility index (Phi) is 9.43. The first kappa shape index (κ1) is 28.5. The summed E-state index contributed by atoms with van der Waals surface area (Å²) in [5.41, 5.74) is 2.34. The van der Waals surface area contributed by atoms with Gasteiger partial charge in [0.2, 0.25) is 11.8 Å². The third-order valence-corrected chi connectivity index (χ3v) is 8.03. The van der Waals surface area contributed by atoms with Crippen LogP contribution in [0.15, 0.2) is 66.1 Å². The number of rotatable bonds is 11. The zero-order chi connectivity index (χ0) is 28.6. The van der Waals surface area contributed by atoms with E-state index in [1.54, 1.807) is 41.7 Å². The molecule has 0 atom stereocenters. The Morgan fingerprint density at radius 3 is 2.46 bits per heavy atom. The number of piperazine rings is 1. The Morgan fingerprint density at radius 2 is 1.78 bits per heavy atom. The molecule has 2 fully saturated rings. The van der Waals surface area contributed by atoms with Gasteiger partial charge in [-0.15, -0.1) is 11.3 Å². The lowest BCUT2D eigenvalue weighted by Gasteiger charge is -2.34. The highest BCUT2D eigenvalue weighted by Crippen LogP contribution is 2.29. The molecule has 0 spiro atoms. The normalized spacial score (nSPS) is 15.6. The Balaban J connectivity index is 1.06. The van der Waals surface area contributed by atoms with E-state index >= 15 is 0 Å². The first-order valence-corrected chi connectivity index (χ1v) is 14.8. The minimum atomic E-state index is -0.302. The first-order chi connectivity index (χ1) is 20.0. The molecule has 0 bridgehead atoms. The second-order valence-corrected chi connectivity index (χ2v) is 11.1. The number of nitrogens with zero attached hydrogens (tertiary/aromatic N) is 4. The molecule has 3 amide bonds. The average Bonchev–Trinajstić information content (AvgIpc) is 3.76. The van der Waals surface area contributed by atoms with Crippen molar-refractivity contribution in [1.82, 2.24) is 19.7 Å². The monoisotopic (exact) mass is 573 g/mol. The number of amides is 3. The van der Waals surface area contributed by atoms with Gasteiger partial charge in [0.05, 0.1) is 19.2 Å². The van der Waals surface area contributed by atoms with Crippen LogP contribution in [0.3, 0.4) is 0 Å².